The smallest absolute Gasteiger partial charge is 0.319 e. The summed E-state index contributed by atoms with van der Waals surface area (Å²) in [4.78, 5) is 69.8. The zero-order valence-electron chi connectivity index (χ0n) is 19.7. The fraction of sp³-hybridized carbons (Fsp3) is 0.476. The maximum Gasteiger partial charge on any atom is 0.319 e. The number of ether oxygens (including phenoxy) is 5. The molecule has 0 unspecified atom stereocenters. The van der Waals surface area contributed by atoms with E-state index in [1.54, 1.807) is 0 Å². The molecular weight excluding hydrogens is 486 g/mol. The third kappa shape index (κ3) is 8.19. The van der Waals surface area contributed by atoms with Crippen LogP contribution in [0.3, 0.4) is 0 Å². The molecule has 0 aromatic heterocycles. The Bertz CT molecular complexity index is 1030. The number of non-ortho nitro benzene ring substituents is 1. The number of rotatable bonds is 8. The van der Waals surface area contributed by atoms with Gasteiger partial charge in [-0.2, -0.15) is 0 Å². The number of nitro benzene ring substituents is 1. The van der Waals surface area contributed by atoms with Gasteiger partial charge < -0.3 is 34.3 Å². The average Bonchev–Trinajstić information content (AvgIpc) is 2.75. The molecule has 0 bridgehead atoms. The predicted octanol–water partition coefficient (Wildman–Crippen LogP) is 0.799. The van der Waals surface area contributed by atoms with Crippen LogP contribution in [0.5, 0.6) is 0 Å². The Morgan fingerprint density at radius 3 is 2.11 bits per heavy atom. The lowest BCUT2D eigenvalue weighted by molar-refractivity contribution is -0.384. The number of hydrogen-bond donors (Lipinski definition) is 2. The lowest BCUT2D eigenvalue weighted by atomic mass is 9.96. The number of esters is 4. The number of benzene rings is 1. The Kier molecular flexibility index (Phi) is 9.66. The molecular formula is C21H25N3O12. The van der Waals surface area contributed by atoms with Gasteiger partial charge in [-0.15, -0.1) is 0 Å². The number of nitrogens with one attached hydrogen (secondary N) is 2. The number of carbonyl (C=O) groups is 5. The van der Waals surface area contributed by atoms with Gasteiger partial charge in [-0.3, -0.25) is 29.3 Å². The maximum absolute atomic E-state index is 12.7. The molecule has 1 aromatic rings. The fourth-order valence-electron chi connectivity index (χ4n) is 3.34. The van der Waals surface area contributed by atoms with Gasteiger partial charge in [0.25, 0.3) is 5.69 Å². The van der Waals surface area contributed by atoms with E-state index in [9.17, 15) is 34.1 Å². The first-order chi connectivity index (χ1) is 16.9. The molecule has 1 aliphatic rings. The molecule has 36 heavy (non-hydrogen) atoms. The van der Waals surface area contributed by atoms with E-state index in [1.165, 1.54) is 18.2 Å². The first-order valence-corrected chi connectivity index (χ1v) is 10.5. The van der Waals surface area contributed by atoms with Gasteiger partial charge in [0.05, 0.1) is 4.92 Å². The molecule has 1 saturated heterocycles. The standard InChI is InChI=1S/C21H25N3O12/c1-10(25)32-9-16-18(33-11(2)26)19(34-12(3)27)17(20(36-16)35-13(4)28)23-21(29)22-14-6-5-7-15(8-14)24(30)31/h5-8,16-20H,9H2,1-4H3,(H2,22,23,29)/t16-,17+,18-,19-,20-/m1/s1. The minimum Gasteiger partial charge on any atom is -0.463 e. The van der Waals surface area contributed by atoms with Crippen LogP contribution in [0.1, 0.15) is 27.7 Å². The van der Waals surface area contributed by atoms with Crippen molar-refractivity contribution in [3.8, 4) is 0 Å². The number of amides is 2. The van der Waals surface area contributed by atoms with Gasteiger partial charge in [0, 0.05) is 45.5 Å². The van der Waals surface area contributed by atoms with E-state index in [1.807, 2.05) is 0 Å². The molecule has 1 heterocycles. The second-order valence-corrected chi connectivity index (χ2v) is 7.53. The monoisotopic (exact) mass is 511 g/mol. The first kappa shape index (κ1) is 28.0. The Labute approximate surface area is 204 Å². The number of nitro groups is 1. The topological polar surface area (TPSA) is 199 Å². The summed E-state index contributed by atoms with van der Waals surface area (Å²) in [6.07, 6.45) is -5.67. The van der Waals surface area contributed by atoms with E-state index in [-0.39, 0.29) is 11.4 Å². The summed E-state index contributed by atoms with van der Waals surface area (Å²) in [7, 11) is 0. The average molecular weight is 511 g/mol. The molecule has 1 fully saturated rings. The highest BCUT2D eigenvalue weighted by molar-refractivity contribution is 5.90. The van der Waals surface area contributed by atoms with E-state index in [4.69, 9.17) is 23.7 Å². The molecule has 15 nitrogen and oxygen atoms in total. The number of anilines is 1. The number of urea groups is 1. The molecule has 0 saturated carbocycles. The van der Waals surface area contributed by atoms with Crippen molar-refractivity contribution in [2.24, 2.45) is 0 Å². The third-order valence-corrected chi connectivity index (χ3v) is 4.60. The highest BCUT2D eigenvalue weighted by Crippen LogP contribution is 2.28. The van der Waals surface area contributed by atoms with Gasteiger partial charge in [0.15, 0.2) is 12.2 Å². The van der Waals surface area contributed by atoms with Crippen molar-refractivity contribution in [3.63, 3.8) is 0 Å². The van der Waals surface area contributed by atoms with E-state index < -0.39 is 72.1 Å². The van der Waals surface area contributed by atoms with Crippen LogP contribution in [0, 0.1) is 10.1 Å². The van der Waals surface area contributed by atoms with Crippen LogP contribution < -0.4 is 10.6 Å². The van der Waals surface area contributed by atoms with Crippen molar-refractivity contribution in [2.75, 3.05) is 11.9 Å². The Morgan fingerprint density at radius 1 is 0.944 bits per heavy atom. The highest BCUT2D eigenvalue weighted by Gasteiger charge is 2.52. The molecule has 0 spiro atoms. The SMILES string of the molecule is CC(=O)OC[C@H]1O[C@@H](OC(C)=O)[C@@H](NC(=O)Nc2cccc([N+](=O)[O-])c2)[C@@H](OC(C)=O)[C@@H]1OC(C)=O. The van der Waals surface area contributed by atoms with Crippen LogP contribution in [-0.4, -0.2) is 72.1 Å². The van der Waals surface area contributed by atoms with Crippen molar-refractivity contribution >= 4 is 41.3 Å². The lowest BCUT2D eigenvalue weighted by Crippen LogP contribution is -2.67. The molecule has 196 valence electrons. The van der Waals surface area contributed by atoms with Crippen LogP contribution in [0.4, 0.5) is 16.2 Å². The minimum atomic E-state index is -1.57. The van der Waals surface area contributed by atoms with Gasteiger partial charge in [0.2, 0.25) is 6.29 Å². The molecule has 2 N–H and O–H groups in total. The molecule has 0 aliphatic carbocycles. The van der Waals surface area contributed by atoms with Crippen LogP contribution in [-0.2, 0) is 42.9 Å². The van der Waals surface area contributed by atoms with Gasteiger partial charge in [0.1, 0.15) is 18.8 Å². The van der Waals surface area contributed by atoms with Crippen molar-refractivity contribution in [3.05, 3.63) is 34.4 Å². The van der Waals surface area contributed by atoms with Crippen LogP contribution in [0.25, 0.3) is 0 Å². The highest BCUT2D eigenvalue weighted by atomic mass is 16.7. The molecule has 5 atom stereocenters. The summed E-state index contributed by atoms with van der Waals surface area (Å²) in [6.45, 7) is 3.85. The quantitative estimate of drug-likeness (QED) is 0.216. The van der Waals surface area contributed by atoms with Crippen molar-refractivity contribution in [1.29, 1.82) is 0 Å². The van der Waals surface area contributed by atoms with E-state index in [0.717, 1.165) is 33.8 Å². The third-order valence-electron chi connectivity index (χ3n) is 4.60. The minimum absolute atomic E-state index is 0.0516. The normalized spacial score (nSPS) is 22.9. The van der Waals surface area contributed by atoms with E-state index in [0.29, 0.717) is 0 Å². The molecule has 1 aromatic carbocycles. The number of hydrogen-bond acceptors (Lipinski definition) is 12. The lowest BCUT2D eigenvalue weighted by Gasteiger charge is -2.44. The zero-order chi connectivity index (χ0) is 27.0. The Morgan fingerprint density at radius 2 is 1.56 bits per heavy atom. The van der Waals surface area contributed by atoms with Gasteiger partial charge >= 0.3 is 29.9 Å². The zero-order valence-corrected chi connectivity index (χ0v) is 19.7. The summed E-state index contributed by atoms with van der Waals surface area (Å²) in [5, 5.41) is 15.8. The Hall–Kier alpha value is -4.27. The molecule has 2 rings (SSSR count). The van der Waals surface area contributed by atoms with Crippen LogP contribution in [0.15, 0.2) is 24.3 Å². The number of carbonyl (C=O) groups excluding carboxylic acids is 5. The summed E-state index contributed by atoms with van der Waals surface area (Å²) < 4.78 is 26.3. The molecule has 1 aliphatic heterocycles. The van der Waals surface area contributed by atoms with Gasteiger partial charge in [-0.1, -0.05) is 6.07 Å². The molecule has 15 heteroatoms. The molecule has 2 amide bonds. The van der Waals surface area contributed by atoms with Crippen molar-refractivity contribution < 1.29 is 52.6 Å². The van der Waals surface area contributed by atoms with Crippen molar-refractivity contribution in [1.82, 2.24) is 5.32 Å². The summed E-state index contributed by atoms with van der Waals surface area (Å²) >= 11 is 0. The summed E-state index contributed by atoms with van der Waals surface area (Å²) in [6, 6.07) is 2.68. The second-order valence-electron chi connectivity index (χ2n) is 7.53. The summed E-state index contributed by atoms with van der Waals surface area (Å²) in [5.41, 5.74) is -0.233. The van der Waals surface area contributed by atoms with Gasteiger partial charge in [-0.05, 0) is 6.07 Å². The van der Waals surface area contributed by atoms with Crippen LogP contribution >= 0.6 is 0 Å². The van der Waals surface area contributed by atoms with E-state index >= 15 is 0 Å². The predicted molar refractivity (Wildman–Crippen MR) is 117 cm³/mol. The first-order valence-electron chi connectivity index (χ1n) is 10.5. The fourth-order valence-corrected chi connectivity index (χ4v) is 3.34. The molecule has 0 radical (unpaired) electrons. The maximum atomic E-state index is 12.7. The largest absolute Gasteiger partial charge is 0.463 e. The number of nitrogens with zero attached hydrogens (tertiary/aromatic N) is 1. The second kappa shape index (κ2) is 12.4. The van der Waals surface area contributed by atoms with E-state index in [2.05, 4.69) is 10.6 Å². The van der Waals surface area contributed by atoms with Crippen molar-refractivity contribution in [2.45, 2.75) is 58.3 Å². The van der Waals surface area contributed by atoms with Gasteiger partial charge in [-0.25, -0.2) is 4.79 Å². The Balaban J connectivity index is 2.39. The summed E-state index contributed by atoms with van der Waals surface area (Å²) in [5.74, 6) is -3.16. The van der Waals surface area contributed by atoms with Crippen LogP contribution in [0.2, 0.25) is 0 Å².